The molecule has 3 heteroatoms. The maximum absolute atomic E-state index is 4.58. The first-order chi connectivity index (χ1) is 7.36. The summed E-state index contributed by atoms with van der Waals surface area (Å²) in [6, 6.07) is 6.34. The lowest BCUT2D eigenvalue weighted by atomic mass is 10.3. The van der Waals surface area contributed by atoms with Gasteiger partial charge in [-0.1, -0.05) is 19.9 Å². The molecule has 0 bridgehead atoms. The molecule has 0 N–H and O–H groups in total. The summed E-state index contributed by atoms with van der Waals surface area (Å²) in [4.78, 5) is 4.58. The average molecular weight is 241 g/mol. The van der Waals surface area contributed by atoms with Crippen molar-refractivity contribution in [2.45, 2.75) is 26.0 Å². The molecule has 1 heterocycles. The number of hydrogen-bond acceptors (Lipinski definition) is 3. The molecule has 0 spiro atoms. The van der Waals surface area contributed by atoms with E-state index in [9.17, 15) is 0 Å². The van der Waals surface area contributed by atoms with Crippen LogP contribution in [0.3, 0.4) is 0 Å². The van der Waals surface area contributed by atoms with Crippen LogP contribution in [0.5, 0.6) is 0 Å². The van der Waals surface area contributed by atoms with Crippen LogP contribution in [0.25, 0.3) is 0 Å². The zero-order valence-corrected chi connectivity index (χ0v) is 11.2. The number of rotatable bonds is 7. The van der Waals surface area contributed by atoms with Gasteiger partial charge in [-0.15, -0.1) is 0 Å². The topological polar surface area (TPSA) is 12.9 Å². The summed E-state index contributed by atoms with van der Waals surface area (Å²) in [5.74, 6) is 4.77. The smallest absolute Gasteiger partial charge is 0.0505 e. The number of aromatic nitrogens is 1. The molecule has 0 fully saturated rings. The number of nitrogens with zero attached hydrogens (tertiary/aromatic N) is 1. The molecule has 0 aliphatic carbocycles. The van der Waals surface area contributed by atoms with Crippen LogP contribution >= 0.6 is 23.5 Å². The van der Waals surface area contributed by atoms with E-state index >= 15 is 0 Å². The maximum Gasteiger partial charge on any atom is 0.0505 e. The van der Waals surface area contributed by atoms with E-state index in [0.29, 0.717) is 0 Å². The maximum atomic E-state index is 4.58. The van der Waals surface area contributed by atoms with E-state index in [-0.39, 0.29) is 0 Å². The Morgan fingerprint density at radius 2 is 1.80 bits per heavy atom. The monoisotopic (exact) mass is 241 g/mol. The van der Waals surface area contributed by atoms with E-state index < -0.39 is 0 Å². The third kappa shape index (κ3) is 5.47. The van der Waals surface area contributed by atoms with Crippen LogP contribution in [-0.4, -0.2) is 22.2 Å². The SMILES string of the molecule is CCSCCSCc1cccc(CC)n1. The van der Waals surface area contributed by atoms with Crippen LogP contribution in [-0.2, 0) is 12.2 Å². The molecule has 0 atom stereocenters. The normalized spacial score (nSPS) is 10.5. The molecule has 0 radical (unpaired) electrons. The van der Waals surface area contributed by atoms with Crippen molar-refractivity contribution in [1.82, 2.24) is 4.98 Å². The van der Waals surface area contributed by atoms with Gasteiger partial charge in [0, 0.05) is 23.0 Å². The zero-order valence-electron chi connectivity index (χ0n) is 9.53. The van der Waals surface area contributed by atoms with E-state index in [1.54, 1.807) is 0 Å². The van der Waals surface area contributed by atoms with Crippen LogP contribution < -0.4 is 0 Å². The summed E-state index contributed by atoms with van der Waals surface area (Å²) in [5.41, 5.74) is 2.43. The van der Waals surface area contributed by atoms with Gasteiger partial charge in [0.1, 0.15) is 0 Å². The van der Waals surface area contributed by atoms with Gasteiger partial charge in [-0.3, -0.25) is 4.98 Å². The molecule has 0 unspecified atom stereocenters. The van der Waals surface area contributed by atoms with Crippen LogP contribution in [0.2, 0.25) is 0 Å². The summed E-state index contributed by atoms with van der Waals surface area (Å²) in [7, 11) is 0. The molecule has 0 amide bonds. The number of hydrogen-bond donors (Lipinski definition) is 0. The van der Waals surface area contributed by atoms with Gasteiger partial charge in [-0.25, -0.2) is 0 Å². The predicted molar refractivity (Wildman–Crippen MR) is 72.8 cm³/mol. The molecule has 0 aliphatic rings. The van der Waals surface area contributed by atoms with Crippen molar-refractivity contribution in [3.63, 3.8) is 0 Å². The summed E-state index contributed by atoms with van der Waals surface area (Å²) in [5, 5.41) is 0. The van der Waals surface area contributed by atoms with Crippen molar-refractivity contribution in [2.75, 3.05) is 17.3 Å². The second kappa shape index (κ2) is 8.05. The zero-order chi connectivity index (χ0) is 10.9. The molecule has 1 nitrogen and oxygen atoms in total. The molecule has 1 rings (SSSR count). The Balaban J connectivity index is 2.24. The van der Waals surface area contributed by atoms with Gasteiger partial charge < -0.3 is 0 Å². The molecule has 0 aliphatic heterocycles. The lowest BCUT2D eigenvalue weighted by molar-refractivity contribution is 1.000. The average Bonchev–Trinajstić information content (AvgIpc) is 2.29. The quantitative estimate of drug-likeness (QED) is 0.677. The van der Waals surface area contributed by atoms with Gasteiger partial charge >= 0.3 is 0 Å². The predicted octanol–water partition coefficient (Wildman–Crippen LogP) is 3.63. The van der Waals surface area contributed by atoms with Gasteiger partial charge in [0.15, 0.2) is 0 Å². The fourth-order valence-corrected chi connectivity index (χ4v) is 2.99. The lowest BCUT2D eigenvalue weighted by Gasteiger charge is -2.02. The molecule has 1 aromatic rings. The first-order valence-corrected chi connectivity index (χ1v) is 7.78. The van der Waals surface area contributed by atoms with Crippen molar-refractivity contribution in [3.8, 4) is 0 Å². The van der Waals surface area contributed by atoms with E-state index in [0.717, 1.165) is 12.2 Å². The third-order valence-electron chi connectivity index (χ3n) is 2.05. The third-order valence-corrected chi connectivity index (χ3v) is 4.20. The highest BCUT2D eigenvalue weighted by atomic mass is 32.2. The van der Waals surface area contributed by atoms with Crippen LogP contribution in [0.1, 0.15) is 25.2 Å². The van der Waals surface area contributed by atoms with Crippen LogP contribution in [0.15, 0.2) is 18.2 Å². The minimum absolute atomic E-state index is 1.03. The van der Waals surface area contributed by atoms with Gasteiger partial charge in [0.05, 0.1) is 5.69 Å². The lowest BCUT2D eigenvalue weighted by Crippen LogP contribution is -1.93. The van der Waals surface area contributed by atoms with Crippen molar-refractivity contribution in [3.05, 3.63) is 29.6 Å². The number of thioether (sulfide) groups is 2. The molecular weight excluding hydrogens is 222 g/mol. The highest BCUT2D eigenvalue weighted by Crippen LogP contribution is 2.13. The fraction of sp³-hybridized carbons (Fsp3) is 0.583. The van der Waals surface area contributed by atoms with E-state index in [2.05, 4.69) is 37.0 Å². The molecule has 1 aromatic heterocycles. The molecule has 0 saturated carbocycles. The molecule has 0 aromatic carbocycles. The van der Waals surface area contributed by atoms with Gasteiger partial charge in [-0.2, -0.15) is 23.5 Å². The second-order valence-corrected chi connectivity index (χ2v) is 5.72. The Morgan fingerprint density at radius 1 is 1.07 bits per heavy atom. The Labute approximate surface area is 101 Å². The molecule has 15 heavy (non-hydrogen) atoms. The second-order valence-electron chi connectivity index (χ2n) is 3.22. The summed E-state index contributed by atoms with van der Waals surface area (Å²) in [6.07, 6.45) is 1.03. The standard InChI is InChI=1S/C12H19NS2/c1-3-11-6-5-7-12(13-11)10-15-9-8-14-4-2/h5-7H,3-4,8-10H2,1-2H3. The Morgan fingerprint density at radius 3 is 2.53 bits per heavy atom. The van der Waals surface area contributed by atoms with Gasteiger partial charge in [0.25, 0.3) is 0 Å². The fourth-order valence-electron chi connectivity index (χ4n) is 1.25. The Kier molecular flexibility index (Phi) is 6.94. The van der Waals surface area contributed by atoms with E-state index in [1.165, 1.54) is 28.6 Å². The first kappa shape index (κ1) is 12.9. The molecule has 84 valence electrons. The summed E-state index contributed by atoms with van der Waals surface area (Å²) in [6.45, 7) is 4.36. The molecular formula is C12H19NS2. The highest BCUT2D eigenvalue weighted by Gasteiger charge is 1.96. The first-order valence-electron chi connectivity index (χ1n) is 5.47. The van der Waals surface area contributed by atoms with Crippen molar-refractivity contribution in [2.24, 2.45) is 0 Å². The van der Waals surface area contributed by atoms with E-state index in [1.807, 2.05) is 23.5 Å². The molecule has 0 saturated heterocycles. The summed E-state index contributed by atoms with van der Waals surface area (Å²) >= 11 is 3.99. The van der Waals surface area contributed by atoms with Crippen molar-refractivity contribution in [1.29, 1.82) is 0 Å². The number of pyridine rings is 1. The van der Waals surface area contributed by atoms with Crippen LogP contribution in [0.4, 0.5) is 0 Å². The minimum Gasteiger partial charge on any atom is -0.257 e. The van der Waals surface area contributed by atoms with Crippen molar-refractivity contribution < 1.29 is 0 Å². The van der Waals surface area contributed by atoms with Gasteiger partial charge in [-0.05, 0) is 24.3 Å². The minimum atomic E-state index is 1.03. The number of aryl methyl sites for hydroxylation is 1. The van der Waals surface area contributed by atoms with E-state index in [4.69, 9.17) is 0 Å². The largest absolute Gasteiger partial charge is 0.257 e. The van der Waals surface area contributed by atoms with Crippen LogP contribution in [0, 0.1) is 0 Å². The summed E-state index contributed by atoms with van der Waals surface area (Å²) < 4.78 is 0. The van der Waals surface area contributed by atoms with Crippen molar-refractivity contribution >= 4 is 23.5 Å². The Bertz CT molecular complexity index is 276. The highest BCUT2D eigenvalue weighted by molar-refractivity contribution is 8.02. The van der Waals surface area contributed by atoms with Gasteiger partial charge in [0.2, 0.25) is 0 Å². The Hall–Kier alpha value is -0.150.